The molecule has 0 spiro atoms. The minimum Gasteiger partial charge on any atom is -0.496 e. The minimum atomic E-state index is 0.166. The molecule has 0 aromatic heterocycles. The molecule has 0 fully saturated rings. The molecule has 3 N–H and O–H groups in total. The van der Waals surface area contributed by atoms with Crippen molar-refractivity contribution < 1.29 is 9.47 Å². The molecule has 0 saturated carbocycles. The van der Waals surface area contributed by atoms with Gasteiger partial charge in [0.2, 0.25) is 0 Å². The van der Waals surface area contributed by atoms with E-state index in [9.17, 15) is 0 Å². The lowest BCUT2D eigenvalue weighted by Crippen LogP contribution is -2.30. The van der Waals surface area contributed by atoms with E-state index >= 15 is 0 Å². The van der Waals surface area contributed by atoms with Crippen LogP contribution in [0.15, 0.2) is 12.1 Å². The zero-order valence-electron chi connectivity index (χ0n) is 12.6. The van der Waals surface area contributed by atoms with Gasteiger partial charge in [-0.3, -0.25) is 0 Å². The first-order valence-electron chi connectivity index (χ1n) is 6.72. The maximum atomic E-state index is 5.88. The Morgan fingerprint density at radius 1 is 1.21 bits per heavy atom. The first kappa shape index (κ1) is 15.8. The summed E-state index contributed by atoms with van der Waals surface area (Å²) in [6.07, 6.45) is 1.02. The molecule has 1 aromatic rings. The van der Waals surface area contributed by atoms with Crippen molar-refractivity contribution in [3.8, 4) is 11.5 Å². The predicted octanol–water partition coefficient (Wildman–Crippen LogP) is 2.26. The lowest BCUT2D eigenvalue weighted by atomic mass is 9.89. The van der Waals surface area contributed by atoms with Crippen LogP contribution in [0.25, 0.3) is 0 Å². The summed E-state index contributed by atoms with van der Waals surface area (Å²) >= 11 is 0. The molecule has 0 aliphatic rings. The Bertz CT molecular complexity index is 403. The lowest BCUT2D eigenvalue weighted by Gasteiger charge is -2.27. The van der Waals surface area contributed by atoms with Gasteiger partial charge in [0, 0.05) is 11.6 Å². The third-order valence-corrected chi connectivity index (χ3v) is 3.69. The standard InChI is InChI=1S/C15H26N2O2/c1-6-11(9-16)15(17-3)12-8-13(18-4)10(2)7-14(12)19-5/h7-8,11,15,17H,6,9,16H2,1-5H3. The highest BCUT2D eigenvalue weighted by atomic mass is 16.5. The summed E-state index contributed by atoms with van der Waals surface area (Å²) < 4.78 is 10.9. The first-order valence-corrected chi connectivity index (χ1v) is 6.72. The summed E-state index contributed by atoms with van der Waals surface area (Å²) in [4.78, 5) is 0. The van der Waals surface area contributed by atoms with Crippen LogP contribution in [-0.2, 0) is 0 Å². The SMILES string of the molecule is CCC(CN)C(NC)c1cc(OC)c(C)cc1OC. The molecule has 1 aromatic carbocycles. The van der Waals surface area contributed by atoms with Gasteiger partial charge < -0.3 is 20.5 Å². The molecule has 19 heavy (non-hydrogen) atoms. The topological polar surface area (TPSA) is 56.5 Å². The van der Waals surface area contributed by atoms with Crippen LogP contribution in [0.2, 0.25) is 0 Å². The zero-order chi connectivity index (χ0) is 14.4. The molecule has 108 valence electrons. The van der Waals surface area contributed by atoms with Crippen molar-refractivity contribution in [2.24, 2.45) is 11.7 Å². The second-order valence-corrected chi connectivity index (χ2v) is 4.73. The molecule has 0 amide bonds. The molecule has 4 heteroatoms. The van der Waals surface area contributed by atoms with Gasteiger partial charge >= 0.3 is 0 Å². The molecule has 0 aliphatic heterocycles. The van der Waals surface area contributed by atoms with Gasteiger partial charge in [0.05, 0.1) is 14.2 Å². The van der Waals surface area contributed by atoms with E-state index in [1.165, 1.54) is 0 Å². The van der Waals surface area contributed by atoms with Crippen LogP contribution < -0.4 is 20.5 Å². The Kier molecular flexibility index (Phi) is 6.12. The Hall–Kier alpha value is -1.26. The van der Waals surface area contributed by atoms with Gasteiger partial charge in [-0.25, -0.2) is 0 Å². The predicted molar refractivity (Wildman–Crippen MR) is 78.9 cm³/mol. The van der Waals surface area contributed by atoms with Crippen LogP contribution in [0.3, 0.4) is 0 Å². The Morgan fingerprint density at radius 2 is 1.84 bits per heavy atom. The fourth-order valence-corrected chi connectivity index (χ4v) is 2.50. The Balaban J connectivity index is 3.28. The summed E-state index contributed by atoms with van der Waals surface area (Å²) in [7, 11) is 5.34. The monoisotopic (exact) mass is 266 g/mol. The molecule has 2 unspecified atom stereocenters. The van der Waals surface area contributed by atoms with E-state index in [0.29, 0.717) is 12.5 Å². The smallest absolute Gasteiger partial charge is 0.124 e. The van der Waals surface area contributed by atoms with Gasteiger partial charge in [0.15, 0.2) is 0 Å². The van der Waals surface area contributed by atoms with E-state index in [1.54, 1.807) is 14.2 Å². The second-order valence-electron chi connectivity index (χ2n) is 4.73. The summed E-state index contributed by atoms with van der Waals surface area (Å²) in [5.41, 5.74) is 8.05. The van der Waals surface area contributed by atoms with Crippen LogP contribution in [0.4, 0.5) is 0 Å². The van der Waals surface area contributed by atoms with E-state index in [2.05, 4.69) is 12.2 Å². The van der Waals surface area contributed by atoms with Gasteiger partial charge in [-0.05, 0) is 44.1 Å². The van der Waals surface area contributed by atoms with E-state index in [1.807, 2.05) is 26.1 Å². The van der Waals surface area contributed by atoms with Crippen molar-refractivity contribution in [3.05, 3.63) is 23.3 Å². The maximum Gasteiger partial charge on any atom is 0.124 e. The van der Waals surface area contributed by atoms with Crippen molar-refractivity contribution in [1.82, 2.24) is 5.32 Å². The number of methoxy groups -OCH3 is 2. The van der Waals surface area contributed by atoms with Gasteiger partial charge in [0.1, 0.15) is 11.5 Å². The second kappa shape index (κ2) is 7.36. The number of ether oxygens (including phenoxy) is 2. The van der Waals surface area contributed by atoms with E-state index in [4.69, 9.17) is 15.2 Å². The largest absolute Gasteiger partial charge is 0.496 e. The number of benzene rings is 1. The van der Waals surface area contributed by atoms with Crippen LogP contribution in [0, 0.1) is 12.8 Å². The van der Waals surface area contributed by atoms with Crippen LogP contribution in [-0.4, -0.2) is 27.8 Å². The van der Waals surface area contributed by atoms with Crippen LogP contribution in [0.1, 0.15) is 30.5 Å². The maximum absolute atomic E-state index is 5.88. The fraction of sp³-hybridized carbons (Fsp3) is 0.600. The molecular formula is C15H26N2O2. The molecule has 4 nitrogen and oxygen atoms in total. The molecule has 0 aliphatic carbocycles. The van der Waals surface area contributed by atoms with Crippen LogP contribution in [0.5, 0.6) is 11.5 Å². The molecule has 0 heterocycles. The molecule has 0 radical (unpaired) electrons. The minimum absolute atomic E-state index is 0.166. The summed E-state index contributed by atoms with van der Waals surface area (Å²) in [5.74, 6) is 2.12. The fourth-order valence-electron chi connectivity index (χ4n) is 2.50. The summed E-state index contributed by atoms with van der Waals surface area (Å²) in [6.45, 7) is 4.81. The van der Waals surface area contributed by atoms with Gasteiger partial charge in [0.25, 0.3) is 0 Å². The number of rotatable bonds is 7. The number of hydrogen-bond donors (Lipinski definition) is 2. The average Bonchev–Trinajstić information content (AvgIpc) is 2.44. The Labute approximate surface area is 116 Å². The lowest BCUT2D eigenvalue weighted by molar-refractivity contribution is 0.348. The number of aryl methyl sites for hydroxylation is 1. The van der Waals surface area contributed by atoms with Gasteiger partial charge in [-0.15, -0.1) is 0 Å². The van der Waals surface area contributed by atoms with Crippen molar-refractivity contribution in [2.75, 3.05) is 27.8 Å². The summed E-state index contributed by atoms with van der Waals surface area (Å²) in [6, 6.07) is 4.23. The highest BCUT2D eigenvalue weighted by Gasteiger charge is 2.23. The highest BCUT2D eigenvalue weighted by molar-refractivity contribution is 5.47. The van der Waals surface area contributed by atoms with E-state index < -0.39 is 0 Å². The van der Waals surface area contributed by atoms with E-state index in [0.717, 1.165) is 29.0 Å². The third kappa shape index (κ3) is 3.39. The molecule has 1 rings (SSSR count). The van der Waals surface area contributed by atoms with Gasteiger partial charge in [-0.1, -0.05) is 13.3 Å². The Morgan fingerprint density at radius 3 is 2.26 bits per heavy atom. The van der Waals surface area contributed by atoms with Crippen LogP contribution >= 0.6 is 0 Å². The number of nitrogens with one attached hydrogen (secondary N) is 1. The molecule has 2 atom stereocenters. The third-order valence-electron chi connectivity index (χ3n) is 3.69. The normalized spacial score (nSPS) is 14.0. The van der Waals surface area contributed by atoms with Crippen molar-refractivity contribution in [1.29, 1.82) is 0 Å². The molecule has 0 bridgehead atoms. The van der Waals surface area contributed by atoms with Crippen molar-refractivity contribution >= 4 is 0 Å². The molecule has 0 saturated heterocycles. The van der Waals surface area contributed by atoms with E-state index in [-0.39, 0.29) is 6.04 Å². The van der Waals surface area contributed by atoms with Crippen molar-refractivity contribution in [2.45, 2.75) is 26.3 Å². The number of hydrogen-bond acceptors (Lipinski definition) is 4. The highest BCUT2D eigenvalue weighted by Crippen LogP contribution is 2.36. The molecular weight excluding hydrogens is 240 g/mol. The summed E-state index contributed by atoms with van der Waals surface area (Å²) in [5, 5.41) is 3.35. The first-order chi connectivity index (χ1) is 9.12. The van der Waals surface area contributed by atoms with Crippen molar-refractivity contribution in [3.63, 3.8) is 0 Å². The average molecular weight is 266 g/mol. The number of nitrogens with two attached hydrogens (primary N) is 1. The zero-order valence-corrected chi connectivity index (χ0v) is 12.6. The van der Waals surface area contributed by atoms with Gasteiger partial charge in [-0.2, -0.15) is 0 Å². The quantitative estimate of drug-likeness (QED) is 0.795.